The number of hydrogen-bond donors (Lipinski definition) is 0. The van der Waals surface area contributed by atoms with Crippen molar-refractivity contribution in [3.8, 4) is 0 Å². The molecule has 3 nitrogen and oxygen atoms in total. The van der Waals surface area contributed by atoms with Crippen LogP contribution in [0.3, 0.4) is 0 Å². The Balaban J connectivity index is 2.35. The molecular formula is C10H17ClN2O. The number of alkyl halides is 1. The van der Waals surface area contributed by atoms with Crippen molar-refractivity contribution in [2.24, 2.45) is 5.92 Å². The van der Waals surface area contributed by atoms with Crippen LogP contribution in [0.5, 0.6) is 0 Å². The van der Waals surface area contributed by atoms with Crippen LogP contribution in [0.1, 0.15) is 38.5 Å². The molecule has 0 bridgehead atoms. The van der Waals surface area contributed by atoms with Crippen LogP contribution in [-0.2, 0) is 12.8 Å². The molecule has 0 aliphatic heterocycles. The van der Waals surface area contributed by atoms with Gasteiger partial charge >= 0.3 is 0 Å². The van der Waals surface area contributed by atoms with E-state index >= 15 is 0 Å². The second-order valence-electron chi connectivity index (χ2n) is 3.81. The minimum Gasteiger partial charge on any atom is -0.425 e. The van der Waals surface area contributed by atoms with Gasteiger partial charge in [0.2, 0.25) is 11.8 Å². The number of aryl methyl sites for hydroxylation is 2. The van der Waals surface area contributed by atoms with Crippen molar-refractivity contribution in [2.75, 3.05) is 5.88 Å². The summed E-state index contributed by atoms with van der Waals surface area (Å²) in [6.45, 7) is 4.37. The first kappa shape index (κ1) is 11.5. The fourth-order valence-corrected chi connectivity index (χ4v) is 1.25. The van der Waals surface area contributed by atoms with E-state index in [9.17, 15) is 0 Å². The van der Waals surface area contributed by atoms with Crippen molar-refractivity contribution in [3.05, 3.63) is 11.8 Å². The fraction of sp³-hybridized carbons (Fsp3) is 0.800. The molecule has 0 radical (unpaired) electrons. The minimum absolute atomic E-state index is 0.643. The summed E-state index contributed by atoms with van der Waals surface area (Å²) < 4.78 is 5.46. The number of rotatable bonds is 6. The van der Waals surface area contributed by atoms with Crippen molar-refractivity contribution in [2.45, 2.75) is 39.5 Å². The smallest absolute Gasteiger partial charge is 0.216 e. The van der Waals surface area contributed by atoms with E-state index < -0.39 is 0 Å². The second-order valence-corrected chi connectivity index (χ2v) is 4.19. The first-order valence-corrected chi connectivity index (χ1v) is 5.63. The van der Waals surface area contributed by atoms with Crippen LogP contribution in [0.4, 0.5) is 0 Å². The van der Waals surface area contributed by atoms with Gasteiger partial charge in [-0.25, -0.2) is 0 Å². The normalized spacial score (nSPS) is 11.1. The molecule has 0 amide bonds. The quantitative estimate of drug-likeness (QED) is 0.687. The van der Waals surface area contributed by atoms with Gasteiger partial charge in [0.05, 0.1) is 0 Å². The summed E-state index contributed by atoms with van der Waals surface area (Å²) in [5.74, 6) is 2.78. The van der Waals surface area contributed by atoms with Crippen molar-refractivity contribution < 1.29 is 4.42 Å². The third kappa shape index (κ3) is 4.09. The molecule has 0 N–H and O–H groups in total. The van der Waals surface area contributed by atoms with E-state index in [4.69, 9.17) is 16.0 Å². The van der Waals surface area contributed by atoms with Crippen LogP contribution in [-0.4, -0.2) is 16.1 Å². The summed E-state index contributed by atoms with van der Waals surface area (Å²) >= 11 is 5.57. The predicted octanol–water partition coefficient (Wildman–Crippen LogP) is 2.83. The lowest BCUT2D eigenvalue weighted by molar-refractivity contribution is 0.428. The highest BCUT2D eigenvalue weighted by molar-refractivity contribution is 6.17. The molecule has 0 saturated heterocycles. The van der Waals surface area contributed by atoms with E-state index in [1.165, 1.54) is 0 Å². The Hall–Kier alpha value is -0.570. The average molecular weight is 217 g/mol. The molecule has 0 aliphatic carbocycles. The van der Waals surface area contributed by atoms with Gasteiger partial charge in [0.15, 0.2) is 0 Å². The Morgan fingerprint density at radius 1 is 1.21 bits per heavy atom. The standard InChI is InChI=1S/C10H17ClN2O/c1-8(2)5-6-10-13-12-9(14-10)4-3-7-11/h8H,3-7H2,1-2H3. The van der Waals surface area contributed by atoms with Crippen LogP contribution in [0, 0.1) is 5.92 Å². The molecule has 0 aromatic carbocycles. The highest BCUT2D eigenvalue weighted by Gasteiger charge is 2.06. The second kappa shape index (κ2) is 6.02. The third-order valence-corrected chi connectivity index (χ3v) is 2.24. The Morgan fingerprint density at radius 3 is 2.43 bits per heavy atom. The Kier molecular flexibility index (Phi) is 4.94. The van der Waals surface area contributed by atoms with Crippen LogP contribution in [0.2, 0.25) is 0 Å². The molecule has 0 aliphatic rings. The molecule has 0 fully saturated rings. The van der Waals surface area contributed by atoms with Crippen molar-refractivity contribution in [3.63, 3.8) is 0 Å². The molecule has 1 heterocycles. The van der Waals surface area contributed by atoms with Crippen LogP contribution in [0.25, 0.3) is 0 Å². The first-order valence-electron chi connectivity index (χ1n) is 5.09. The van der Waals surface area contributed by atoms with Gasteiger partial charge < -0.3 is 4.42 Å². The van der Waals surface area contributed by atoms with E-state index in [1.807, 2.05) is 0 Å². The number of nitrogens with zero attached hydrogens (tertiary/aromatic N) is 2. The Bertz CT molecular complexity index is 260. The molecule has 14 heavy (non-hydrogen) atoms. The molecule has 1 aromatic heterocycles. The molecule has 0 unspecified atom stereocenters. The maximum Gasteiger partial charge on any atom is 0.216 e. The summed E-state index contributed by atoms with van der Waals surface area (Å²) in [5.41, 5.74) is 0. The number of aromatic nitrogens is 2. The summed E-state index contributed by atoms with van der Waals surface area (Å²) in [7, 11) is 0. The van der Waals surface area contributed by atoms with Gasteiger partial charge in [-0.3, -0.25) is 0 Å². The lowest BCUT2D eigenvalue weighted by Gasteiger charge is -1.99. The fourth-order valence-electron chi connectivity index (χ4n) is 1.12. The number of hydrogen-bond acceptors (Lipinski definition) is 3. The van der Waals surface area contributed by atoms with E-state index in [1.54, 1.807) is 0 Å². The predicted molar refractivity (Wildman–Crippen MR) is 56.5 cm³/mol. The minimum atomic E-state index is 0.643. The van der Waals surface area contributed by atoms with Crippen LogP contribution in [0.15, 0.2) is 4.42 Å². The number of halogens is 1. The zero-order valence-corrected chi connectivity index (χ0v) is 9.55. The van der Waals surface area contributed by atoms with Gasteiger partial charge in [-0.15, -0.1) is 21.8 Å². The molecule has 1 rings (SSSR count). The van der Waals surface area contributed by atoms with E-state index in [2.05, 4.69) is 24.0 Å². The maximum atomic E-state index is 5.57. The molecular weight excluding hydrogens is 200 g/mol. The topological polar surface area (TPSA) is 38.9 Å². The maximum absolute atomic E-state index is 5.57. The summed E-state index contributed by atoms with van der Waals surface area (Å²) in [6, 6.07) is 0. The zero-order chi connectivity index (χ0) is 10.4. The van der Waals surface area contributed by atoms with E-state index in [0.717, 1.165) is 31.6 Å². The van der Waals surface area contributed by atoms with E-state index in [0.29, 0.717) is 17.7 Å². The van der Waals surface area contributed by atoms with Crippen LogP contribution < -0.4 is 0 Å². The molecule has 0 saturated carbocycles. The lowest BCUT2D eigenvalue weighted by Crippen LogP contribution is -1.91. The average Bonchev–Trinajstić information content (AvgIpc) is 2.59. The zero-order valence-electron chi connectivity index (χ0n) is 8.79. The molecule has 1 aromatic rings. The molecule has 80 valence electrons. The van der Waals surface area contributed by atoms with Crippen molar-refractivity contribution in [1.82, 2.24) is 10.2 Å². The van der Waals surface area contributed by atoms with Crippen LogP contribution >= 0.6 is 11.6 Å². The van der Waals surface area contributed by atoms with Gasteiger partial charge in [-0.2, -0.15) is 0 Å². The summed E-state index contributed by atoms with van der Waals surface area (Å²) in [6.07, 6.45) is 3.66. The van der Waals surface area contributed by atoms with Crippen molar-refractivity contribution >= 4 is 11.6 Å². The largest absolute Gasteiger partial charge is 0.425 e. The van der Waals surface area contributed by atoms with E-state index in [-0.39, 0.29) is 0 Å². The Labute approximate surface area is 89.9 Å². The van der Waals surface area contributed by atoms with Gasteiger partial charge in [0.1, 0.15) is 0 Å². The Morgan fingerprint density at radius 2 is 1.86 bits per heavy atom. The first-order chi connectivity index (χ1) is 6.72. The van der Waals surface area contributed by atoms with Gasteiger partial charge in [-0.1, -0.05) is 13.8 Å². The highest BCUT2D eigenvalue weighted by Crippen LogP contribution is 2.09. The third-order valence-electron chi connectivity index (χ3n) is 1.97. The monoisotopic (exact) mass is 216 g/mol. The lowest BCUT2D eigenvalue weighted by atomic mass is 10.1. The van der Waals surface area contributed by atoms with Gasteiger partial charge in [0, 0.05) is 18.7 Å². The molecule has 0 atom stereocenters. The molecule has 0 spiro atoms. The van der Waals surface area contributed by atoms with Gasteiger partial charge in [0.25, 0.3) is 0 Å². The summed E-state index contributed by atoms with van der Waals surface area (Å²) in [4.78, 5) is 0. The van der Waals surface area contributed by atoms with Gasteiger partial charge in [-0.05, 0) is 18.8 Å². The molecule has 4 heteroatoms. The van der Waals surface area contributed by atoms with Crippen molar-refractivity contribution in [1.29, 1.82) is 0 Å². The summed E-state index contributed by atoms with van der Waals surface area (Å²) in [5, 5.41) is 7.94. The highest BCUT2D eigenvalue weighted by atomic mass is 35.5. The SMILES string of the molecule is CC(C)CCc1nnc(CCCCl)o1.